The summed E-state index contributed by atoms with van der Waals surface area (Å²) in [7, 11) is 3.65. The number of ether oxygens (including phenoxy) is 3. The van der Waals surface area contributed by atoms with Crippen LogP contribution >= 0.6 is 35.6 Å². The first-order valence-corrected chi connectivity index (χ1v) is 16.3. The van der Waals surface area contributed by atoms with E-state index in [2.05, 4.69) is 18.0 Å². The molecule has 4 rings (SSSR count). The second kappa shape index (κ2) is 17.4. The Morgan fingerprint density at radius 1 is 1.02 bits per heavy atom. The molecule has 0 bridgehead atoms. The van der Waals surface area contributed by atoms with Gasteiger partial charge in [-0.2, -0.15) is 0 Å². The average Bonchev–Trinajstić information content (AvgIpc) is 3.09. The fourth-order valence-electron chi connectivity index (χ4n) is 5.68. The maximum Gasteiger partial charge on any atom is 0.306 e. The Morgan fingerprint density at radius 2 is 1.74 bits per heavy atom. The number of carboxylic acid groups (broad SMARTS) is 1. The third kappa shape index (κ3) is 10.5. The minimum atomic E-state index is -1.22. The summed E-state index contributed by atoms with van der Waals surface area (Å²) in [5.74, 6) is -0.553. The Morgan fingerprint density at radius 3 is 2.43 bits per heavy atom. The SMILES string of the molecule is COc1c(OCCCN(C)CCCc2ccccc2Cl)cccc1C1OC(CC(=O)O)C(=O)N(CC(C)(C)C)c2ccc(Cl)cc21.Cl. The van der Waals surface area contributed by atoms with Gasteiger partial charge in [0.15, 0.2) is 11.5 Å². The maximum absolute atomic E-state index is 13.8. The topological polar surface area (TPSA) is 88.5 Å². The summed E-state index contributed by atoms with van der Waals surface area (Å²) in [6.07, 6.45) is 0.179. The lowest BCUT2D eigenvalue weighted by atomic mass is 9.94. The van der Waals surface area contributed by atoms with Gasteiger partial charge in [0.25, 0.3) is 5.91 Å². The minimum Gasteiger partial charge on any atom is -0.492 e. The van der Waals surface area contributed by atoms with Gasteiger partial charge in [-0.05, 0) is 74.2 Å². The van der Waals surface area contributed by atoms with Gasteiger partial charge in [-0.15, -0.1) is 12.4 Å². The molecule has 2 unspecified atom stereocenters. The molecule has 47 heavy (non-hydrogen) atoms. The Bertz CT molecular complexity index is 1510. The highest BCUT2D eigenvalue weighted by Gasteiger charge is 2.40. The number of halogens is 3. The molecule has 1 heterocycles. The van der Waals surface area contributed by atoms with E-state index in [4.69, 9.17) is 37.4 Å². The molecule has 0 spiro atoms. The molecule has 1 amide bonds. The zero-order valence-corrected chi connectivity index (χ0v) is 30.0. The molecule has 0 saturated carbocycles. The summed E-state index contributed by atoms with van der Waals surface area (Å²) >= 11 is 12.8. The first kappa shape index (κ1) is 38.4. The molecule has 0 saturated heterocycles. The van der Waals surface area contributed by atoms with E-state index >= 15 is 0 Å². The fourth-order valence-corrected chi connectivity index (χ4v) is 6.09. The predicted octanol–water partition coefficient (Wildman–Crippen LogP) is 8.10. The van der Waals surface area contributed by atoms with E-state index in [1.807, 2.05) is 57.2 Å². The number of aliphatic carboxylic acids is 1. The monoisotopic (exact) mass is 706 g/mol. The molecule has 0 aliphatic carbocycles. The Labute approximate surface area is 294 Å². The second-order valence-electron chi connectivity index (χ2n) is 12.9. The summed E-state index contributed by atoms with van der Waals surface area (Å²) in [4.78, 5) is 29.6. The molecular weight excluding hydrogens is 663 g/mol. The number of aryl methyl sites for hydroxylation is 1. The van der Waals surface area contributed by atoms with E-state index in [0.717, 1.165) is 42.9 Å². The summed E-state index contributed by atoms with van der Waals surface area (Å²) in [5.41, 5.74) is 2.77. The number of carboxylic acids is 1. The molecule has 3 aromatic rings. The lowest BCUT2D eigenvalue weighted by molar-refractivity contribution is -0.147. The van der Waals surface area contributed by atoms with E-state index in [-0.39, 0.29) is 17.8 Å². The van der Waals surface area contributed by atoms with Crippen LogP contribution in [0.1, 0.15) is 62.8 Å². The first-order valence-electron chi connectivity index (χ1n) is 15.6. The fraction of sp³-hybridized carbons (Fsp3) is 0.444. The van der Waals surface area contributed by atoms with Crippen LogP contribution in [0.2, 0.25) is 10.0 Å². The van der Waals surface area contributed by atoms with Gasteiger partial charge in [-0.25, -0.2) is 0 Å². The molecule has 11 heteroatoms. The van der Waals surface area contributed by atoms with E-state index < -0.39 is 30.5 Å². The van der Waals surface area contributed by atoms with Gasteiger partial charge in [0, 0.05) is 39.9 Å². The van der Waals surface area contributed by atoms with Crippen molar-refractivity contribution in [1.29, 1.82) is 0 Å². The Balaban J connectivity index is 0.00000600. The number of benzene rings is 3. The minimum absolute atomic E-state index is 0. The van der Waals surface area contributed by atoms with E-state index in [0.29, 0.717) is 46.5 Å². The molecule has 1 aliphatic heterocycles. The Kier molecular flexibility index (Phi) is 14.2. The van der Waals surface area contributed by atoms with Crippen LogP contribution in [-0.2, 0) is 20.7 Å². The van der Waals surface area contributed by atoms with Gasteiger partial charge in [-0.1, -0.05) is 74.3 Å². The van der Waals surface area contributed by atoms with Crippen molar-refractivity contribution < 1.29 is 28.9 Å². The summed E-state index contributed by atoms with van der Waals surface area (Å²) < 4.78 is 18.5. The molecule has 1 N–H and O–H groups in total. The number of hydrogen-bond acceptors (Lipinski definition) is 6. The smallest absolute Gasteiger partial charge is 0.306 e. The van der Waals surface area contributed by atoms with Crippen LogP contribution in [0, 0.1) is 5.41 Å². The van der Waals surface area contributed by atoms with Crippen molar-refractivity contribution in [2.45, 2.75) is 58.7 Å². The van der Waals surface area contributed by atoms with E-state index in [9.17, 15) is 14.7 Å². The van der Waals surface area contributed by atoms with Crippen molar-refractivity contribution in [2.75, 3.05) is 45.3 Å². The summed E-state index contributed by atoms with van der Waals surface area (Å²) in [6, 6.07) is 18.7. The van der Waals surface area contributed by atoms with Crippen molar-refractivity contribution in [2.24, 2.45) is 5.41 Å². The third-order valence-corrected chi connectivity index (χ3v) is 8.38. The maximum atomic E-state index is 13.8. The van der Waals surface area contributed by atoms with Crippen LogP contribution in [0.15, 0.2) is 60.7 Å². The molecule has 8 nitrogen and oxygen atoms in total. The number of hydrogen-bond donors (Lipinski definition) is 1. The highest BCUT2D eigenvalue weighted by atomic mass is 35.5. The van der Waals surface area contributed by atoms with Gasteiger partial charge in [0.2, 0.25) is 0 Å². The first-order chi connectivity index (χ1) is 21.9. The average molecular weight is 708 g/mol. The standard InChI is InChI=1S/C36H44Cl2N2O6.ClH/c1-36(2,3)23-40-29-17-16-25(37)21-27(29)33(46-31(35(40)43)22-32(41)42)26-13-8-15-30(34(26)44-5)45-20-10-19-39(4)18-9-12-24-11-6-7-14-28(24)38;/h6-8,11,13-17,21,31,33H,9-10,12,18-20,22-23H2,1-5H3,(H,41,42);1H. The van der Waals surface area contributed by atoms with Crippen LogP contribution in [0.5, 0.6) is 11.5 Å². The van der Waals surface area contributed by atoms with Gasteiger partial charge in [0.05, 0.1) is 20.1 Å². The van der Waals surface area contributed by atoms with Crippen molar-refractivity contribution in [1.82, 2.24) is 4.90 Å². The molecule has 0 fully saturated rings. The van der Waals surface area contributed by atoms with Crippen LogP contribution in [0.4, 0.5) is 5.69 Å². The molecule has 1 aliphatic rings. The molecule has 3 aromatic carbocycles. The molecular formula is C36H45Cl3N2O6. The number of amides is 1. The van der Waals surface area contributed by atoms with Crippen LogP contribution < -0.4 is 14.4 Å². The van der Waals surface area contributed by atoms with Gasteiger partial charge >= 0.3 is 5.97 Å². The summed E-state index contributed by atoms with van der Waals surface area (Å²) in [6.45, 7) is 8.68. The normalized spacial score (nSPS) is 16.3. The van der Waals surface area contributed by atoms with Gasteiger partial charge in [0.1, 0.15) is 12.2 Å². The summed E-state index contributed by atoms with van der Waals surface area (Å²) in [5, 5.41) is 11.0. The van der Waals surface area contributed by atoms with Crippen molar-refractivity contribution in [3.8, 4) is 11.5 Å². The van der Waals surface area contributed by atoms with Gasteiger partial charge < -0.3 is 29.1 Å². The number of carbonyl (C=O) groups is 2. The van der Waals surface area contributed by atoms with Crippen molar-refractivity contribution in [3.05, 3.63) is 87.4 Å². The number of rotatable bonds is 14. The van der Waals surface area contributed by atoms with Crippen molar-refractivity contribution >= 4 is 53.2 Å². The largest absolute Gasteiger partial charge is 0.492 e. The van der Waals surface area contributed by atoms with E-state index in [1.165, 1.54) is 0 Å². The third-order valence-electron chi connectivity index (χ3n) is 7.78. The quantitative estimate of drug-likeness (QED) is 0.170. The van der Waals surface area contributed by atoms with Crippen LogP contribution in [0.3, 0.4) is 0 Å². The van der Waals surface area contributed by atoms with Crippen LogP contribution in [-0.4, -0.2) is 68.4 Å². The highest BCUT2D eigenvalue weighted by Crippen LogP contribution is 2.45. The number of methoxy groups -OCH3 is 1. The van der Waals surface area contributed by atoms with Crippen molar-refractivity contribution in [3.63, 3.8) is 0 Å². The highest BCUT2D eigenvalue weighted by molar-refractivity contribution is 6.31. The van der Waals surface area contributed by atoms with E-state index in [1.54, 1.807) is 30.2 Å². The number of anilines is 1. The number of fused-ring (bicyclic) bond motifs is 1. The molecule has 256 valence electrons. The molecule has 2 atom stereocenters. The zero-order valence-electron chi connectivity index (χ0n) is 27.6. The second-order valence-corrected chi connectivity index (χ2v) is 13.7. The Hall–Kier alpha value is -3.01. The lowest BCUT2D eigenvalue weighted by Gasteiger charge is -2.31. The molecule has 0 aromatic heterocycles. The zero-order chi connectivity index (χ0) is 33.4. The lowest BCUT2D eigenvalue weighted by Crippen LogP contribution is -2.44. The number of para-hydroxylation sites is 1. The number of nitrogens with zero attached hydrogens (tertiary/aromatic N) is 2. The predicted molar refractivity (Wildman–Crippen MR) is 190 cm³/mol. The van der Waals surface area contributed by atoms with Crippen LogP contribution in [0.25, 0.3) is 0 Å². The van der Waals surface area contributed by atoms with Gasteiger partial charge in [-0.3, -0.25) is 9.59 Å². The number of carbonyl (C=O) groups excluding carboxylic acids is 1. The molecule has 0 radical (unpaired) electrons.